The maximum Gasteiger partial charge on any atom is 0.230 e. The minimum absolute atomic E-state index is 0.121. The molecule has 0 saturated heterocycles. The molecule has 0 aromatic heterocycles. The average molecular weight is 266 g/mol. The summed E-state index contributed by atoms with van der Waals surface area (Å²) >= 11 is 0. The van der Waals surface area contributed by atoms with Crippen LogP contribution < -0.4 is 10.6 Å². The van der Waals surface area contributed by atoms with Crippen LogP contribution >= 0.6 is 0 Å². The van der Waals surface area contributed by atoms with Crippen molar-refractivity contribution >= 4 is 11.8 Å². The van der Waals surface area contributed by atoms with E-state index in [1.165, 1.54) is 0 Å². The number of rotatable bonds is 5. The van der Waals surface area contributed by atoms with Gasteiger partial charge in [-0.15, -0.1) is 6.42 Å². The molecule has 3 N–H and O–H groups in total. The molecule has 0 aromatic rings. The second-order valence-electron chi connectivity index (χ2n) is 5.07. The van der Waals surface area contributed by atoms with Crippen molar-refractivity contribution in [3.63, 3.8) is 0 Å². The van der Waals surface area contributed by atoms with Gasteiger partial charge in [-0.3, -0.25) is 9.59 Å². The molecule has 0 heterocycles. The zero-order chi connectivity index (χ0) is 14.1. The lowest BCUT2D eigenvalue weighted by Gasteiger charge is -2.26. The van der Waals surface area contributed by atoms with Crippen LogP contribution in [0.2, 0.25) is 0 Å². The van der Waals surface area contributed by atoms with Crippen molar-refractivity contribution in [2.45, 2.75) is 50.5 Å². The van der Waals surface area contributed by atoms with E-state index in [9.17, 15) is 14.7 Å². The highest BCUT2D eigenvalue weighted by Gasteiger charge is 2.28. The summed E-state index contributed by atoms with van der Waals surface area (Å²) in [6, 6.07) is 0. The first-order valence-corrected chi connectivity index (χ1v) is 6.75. The predicted octanol–water partition coefficient (Wildman–Crippen LogP) is 0.327. The summed E-state index contributed by atoms with van der Waals surface area (Å²) in [5.41, 5.74) is -0.818. The minimum atomic E-state index is -0.818. The lowest BCUT2D eigenvalue weighted by Crippen LogP contribution is -2.43. The van der Waals surface area contributed by atoms with E-state index in [0.29, 0.717) is 12.8 Å². The van der Waals surface area contributed by atoms with Crippen LogP contribution in [0.15, 0.2) is 0 Å². The maximum absolute atomic E-state index is 11.6. The van der Waals surface area contributed by atoms with Crippen LogP contribution in [0.25, 0.3) is 0 Å². The third-order valence-corrected chi connectivity index (χ3v) is 3.36. The Morgan fingerprint density at radius 2 is 1.68 bits per heavy atom. The Morgan fingerprint density at radius 1 is 1.11 bits per heavy atom. The van der Waals surface area contributed by atoms with Gasteiger partial charge in [0.15, 0.2) is 0 Å². The Labute approximate surface area is 114 Å². The minimum Gasteiger partial charge on any atom is -0.388 e. The van der Waals surface area contributed by atoms with E-state index in [4.69, 9.17) is 6.42 Å². The van der Waals surface area contributed by atoms with Crippen LogP contribution in [0.4, 0.5) is 0 Å². The summed E-state index contributed by atoms with van der Waals surface area (Å²) in [5, 5.41) is 15.4. The molecular formula is C14H22N2O3. The summed E-state index contributed by atoms with van der Waals surface area (Å²) in [6.07, 6.45) is 10.4. The van der Waals surface area contributed by atoms with Gasteiger partial charge in [0.25, 0.3) is 0 Å². The van der Waals surface area contributed by atoms with Gasteiger partial charge < -0.3 is 15.7 Å². The third kappa shape index (κ3) is 6.25. The molecule has 1 aliphatic rings. The second kappa shape index (κ2) is 7.80. The molecule has 5 nitrogen and oxygen atoms in total. The van der Waals surface area contributed by atoms with Crippen LogP contribution in [-0.2, 0) is 9.59 Å². The molecule has 1 rings (SSSR count). The van der Waals surface area contributed by atoms with Gasteiger partial charge in [0.1, 0.15) is 6.42 Å². The lowest BCUT2D eigenvalue weighted by atomic mass is 9.94. The molecular weight excluding hydrogens is 244 g/mol. The van der Waals surface area contributed by atoms with Crippen molar-refractivity contribution in [3.8, 4) is 12.3 Å². The van der Waals surface area contributed by atoms with E-state index in [2.05, 4.69) is 16.6 Å². The Hall–Kier alpha value is -1.54. The normalized spacial score (nSPS) is 17.9. The first-order chi connectivity index (χ1) is 9.06. The van der Waals surface area contributed by atoms with Crippen molar-refractivity contribution in [2.75, 3.05) is 13.1 Å². The van der Waals surface area contributed by atoms with Gasteiger partial charge in [0.2, 0.25) is 11.8 Å². The number of hydrogen-bond acceptors (Lipinski definition) is 3. The van der Waals surface area contributed by atoms with E-state index >= 15 is 0 Å². The molecule has 19 heavy (non-hydrogen) atoms. The predicted molar refractivity (Wildman–Crippen MR) is 72.1 cm³/mol. The first kappa shape index (κ1) is 15.5. The number of amides is 2. The lowest BCUT2D eigenvalue weighted by molar-refractivity contribution is -0.130. The summed E-state index contributed by atoms with van der Waals surface area (Å²) < 4.78 is 0. The molecule has 5 heteroatoms. The highest BCUT2D eigenvalue weighted by molar-refractivity contribution is 5.96. The smallest absolute Gasteiger partial charge is 0.230 e. The van der Waals surface area contributed by atoms with E-state index in [1.54, 1.807) is 0 Å². The van der Waals surface area contributed by atoms with Crippen LogP contribution in [0, 0.1) is 12.3 Å². The largest absolute Gasteiger partial charge is 0.388 e. The van der Waals surface area contributed by atoms with E-state index in [1.807, 2.05) is 0 Å². The number of carbonyl (C=O) groups excluding carboxylic acids is 2. The standard InChI is InChI=1S/C14H22N2O3/c1-2-9-15-12(17)10-13(18)16-11-14(19)7-5-3-4-6-8-14/h1,19H,3-11H2,(H,15,17)(H,16,18). The molecule has 2 amide bonds. The fourth-order valence-electron chi connectivity index (χ4n) is 2.25. The van der Waals surface area contributed by atoms with E-state index in [-0.39, 0.29) is 25.4 Å². The van der Waals surface area contributed by atoms with Gasteiger partial charge in [0.05, 0.1) is 12.1 Å². The van der Waals surface area contributed by atoms with Gasteiger partial charge in [0, 0.05) is 6.54 Å². The SMILES string of the molecule is C#CCNC(=O)CC(=O)NCC1(O)CCCCCC1. The molecule has 0 bridgehead atoms. The Kier molecular flexibility index (Phi) is 6.37. The molecule has 0 spiro atoms. The summed E-state index contributed by atoms with van der Waals surface area (Å²) in [4.78, 5) is 22.8. The average Bonchev–Trinajstić information content (AvgIpc) is 2.59. The molecule has 106 valence electrons. The highest BCUT2D eigenvalue weighted by Crippen LogP contribution is 2.26. The number of terminal acetylenes is 1. The zero-order valence-electron chi connectivity index (χ0n) is 11.2. The quantitative estimate of drug-likeness (QED) is 0.381. The topological polar surface area (TPSA) is 78.4 Å². The second-order valence-corrected chi connectivity index (χ2v) is 5.07. The summed E-state index contributed by atoms with van der Waals surface area (Å²) in [6.45, 7) is 0.338. The molecule has 1 saturated carbocycles. The van der Waals surface area contributed by atoms with Crippen molar-refractivity contribution < 1.29 is 14.7 Å². The van der Waals surface area contributed by atoms with Gasteiger partial charge in [-0.05, 0) is 12.8 Å². The van der Waals surface area contributed by atoms with Gasteiger partial charge >= 0.3 is 0 Å². The Morgan fingerprint density at radius 3 is 2.26 bits per heavy atom. The molecule has 0 aromatic carbocycles. The van der Waals surface area contributed by atoms with Crippen molar-refractivity contribution in [2.24, 2.45) is 0 Å². The molecule has 1 fully saturated rings. The van der Waals surface area contributed by atoms with Crippen molar-refractivity contribution in [1.29, 1.82) is 0 Å². The number of nitrogens with one attached hydrogen (secondary N) is 2. The summed E-state index contributed by atoms with van der Waals surface area (Å²) in [5.74, 6) is 1.48. The number of carbonyl (C=O) groups is 2. The van der Waals surface area contributed by atoms with E-state index in [0.717, 1.165) is 25.7 Å². The molecule has 0 aliphatic heterocycles. The monoisotopic (exact) mass is 266 g/mol. The van der Waals surface area contributed by atoms with E-state index < -0.39 is 11.5 Å². The maximum atomic E-state index is 11.6. The molecule has 0 atom stereocenters. The Balaban J connectivity index is 2.28. The third-order valence-electron chi connectivity index (χ3n) is 3.36. The van der Waals surface area contributed by atoms with Crippen LogP contribution in [0.1, 0.15) is 44.9 Å². The fraction of sp³-hybridized carbons (Fsp3) is 0.714. The molecule has 1 aliphatic carbocycles. The fourth-order valence-corrected chi connectivity index (χ4v) is 2.25. The Bertz CT molecular complexity index is 352. The van der Waals surface area contributed by atoms with Crippen molar-refractivity contribution in [3.05, 3.63) is 0 Å². The van der Waals surface area contributed by atoms with Gasteiger partial charge in [-0.25, -0.2) is 0 Å². The van der Waals surface area contributed by atoms with Crippen LogP contribution in [-0.4, -0.2) is 35.6 Å². The number of aliphatic hydroxyl groups is 1. The number of hydrogen-bond donors (Lipinski definition) is 3. The van der Waals surface area contributed by atoms with Crippen molar-refractivity contribution in [1.82, 2.24) is 10.6 Å². The van der Waals surface area contributed by atoms with Gasteiger partial charge in [-0.2, -0.15) is 0 Å². The molecule has 0 radical (unpaired) electrons. The zero-order valence-corrected chi connectivity index (χ0v) is 11.2. The highest BCUT2D eigenvalue weighted by atomic mass is 16.3. The molecule has 0 unspecified atom stereocenters. The van der Waals surface area contributed by atoms with Crippen LogP contribution in [0.3, 0.4) is 0 Å². The van der Waals surface area contributed by atoms with Crippen LogP contribution in [0.5, 0.6) is 0 Å². The van der Waals surface area contributed by atoms with Gasteiger partial charge in [-0.1, -0.05) is 31.6 Å². The summed E-state index contributed by atoms with van der Waals surface area (Å²) in [7, 11) is 0. The first-order valence-electron chi connectivity index (χ1n) is 6.75.